The Balaban J connectivity index is 1.85. The minimum Gasteiger partial charge on any atom is -0.327 e. The molecule has 0 spiro atoms. The van der Waals surface area contributed by atoms with Gasteiger partial charge in [0.15, 0.2) is 0 Å². The number of amides is 1. The van der Waals surface area contributed by atoms with Gasteiger partial charge in [-0.05, 0) is 35.9 Å². The standard InChI is InChI=1S/C18H16N4O/c23-18(17-8-2-4-11-21-17)22(13-15-6-5-9-19-12-15)14-16-7-1-3-10-20-16/h1-12H,13-14H2. The SMILES string of the molecule is O=C(c1ccccn1)N(Cc1cccnc1)Cc1ccccn1. The highest BCUT2D eigenvalue weighted by Crippen LogP contribution is 2.11. The summed E-state index contributed by atoms with van der Waals surface area (Å²) in [5.41, 5.74) is 2.22. The third-order valence-electron chi connectivity index (χ3n) is 3.35. The van der Waals surface area contributed by atoms with E-state index in [4.69, 9.17) is 0 Å². The third kappa shape index (κ3) is 3.97. The van der Waals surface area contributed by atoms with E-state index < -0.39 is 0 Å². The first-order valence-corrected chi connectivity index (χ1v) is 7.32. The van der Waals surface area contributed by atoms with Crippen molar-refractivity contribution in [2.75, 3.05) is 0 Å². The van der Waals surface area contributed by atoms with Crippen molar-refractivity contribution in [3.63, 3.8) is 0 Å². The minimum atomic E-state index is -0.125. The Morgan fingerprint density at radius 2 is 1.70 bits per heavy atom. The van der Waals surface area contributed by atoms with Crippen molar-refractivity contribution in [3.05, 3.63) is 90.3 Å². The molecule has 0 unspecified atom stereocenters. The number of nitrogens with zero attached hydrogens (tertiary/aromatic N) is 4. The van der Waals surface area contributed by atoms with E-state index in [1.807, 2.05) is 36.4 Å². The van der Waals surface area contributed by atoms with Crippen molar-refractivity contribution in [3.8, 4) is 0 Å². The zero-order chi connectivity index (χ0) is 15.9. The van der Waals surface area contributed by atoms with E-state index in [9.17, 15) is 4.79 Å². The number of hydrogen-bond acceptors (Lipinski definition) is 4. The second-order valence-electron chi connectivity index (χ2n) is 5.06. The summed E-state index contributed by atoms with van der Waals surface area (Å²) in [5, 5.41) is 0. The average Bonchev–Trinajstić information content (AvgIpc) is 2.63. The Labute approximate surface area is 134 Å². The molecule has 0 atom stereocenters. The molecule has 5 nitrogen and oxygen atoms in total. The summed E-state index contributed by atoms with van der Waals surface area (Å²) in [6, 6.07) is 14.8. The Kier molecular flexibility index (Phi) is 4.69. The molecule has 3 aromatic heterocycles. The van der Waals surface area contributed by atoms with Crippen LogP contribution in [0.5, 0.6) is 0 Å². The van der Waals surface area contributed by atoms with Gasteiger partial charge in [-0.2, -0.15) is 0 Å². The van der Waals surface area contributed by atoms with Gasteiger partial charge < -0.3 is 4.90 Å². The molecule has 23 heavy (non-hydrogen) atoms. The highest BCUT2D eigenvalue weighted by molar-refractivity contribution is 5.92. The van der Waals surface area contributed by atoms with E-state index in [1.54, 1.807) is 41.8 Å². The first kappa shape index (κ1) is 14.8. The van der Waals surface area contributed by atoms with Gasteiger partial charge in [-0.3, -0.25) is 19.7 Å². The molecule has 0 bridgehead atoms. The fourth-order valence-electron chi connectivity index (χ4n) is 2.25. The van der Waals surface area contributed by atoms with E-state index in [0.29, 0.717) is 18.8 Å². The lowest BCUT2D eigenvalue weighted by molar-refractivity contribution is 0.0721. The van der Waals surface area contributed by atoms with Crippen LogP contribution >= 0.6 is 0 Å². The van der Waals surface area contributed by atoms with E-state index in [2.05, 4.69) is 15.0 Å². The van der Waals surface area contributed by atoms with Crippen LogP contribution in [0.15, 0.2) is 73.3 Å². The second kappa shape index (κ2) is 7.26. The molecule has 0 aromatic carbocycles. The van der Waals surface area contributed by atoms with Gasteiger partial charge in [0.1, 0.15) is 5.69 Å². The number of hydrogen-bond donors (Lipinski definition) is 0. The number of rotatable bonds is 5. The van der Waals surface area contributed by atoms with Gasteiger partial charge in [0.05, 0.1) is 12.2 Å². The third-order valence-corrected chi connectivity index (χ3v) is 3.35. The molecule has 0 fully saturated rings. The Hall–Kier alpha value is -3.08. The molecule has 0 saturated carbocycles. The molecule has 3 heterocycles. The predicted molar refractivity (Wildman–Crippen MR) is 86.3 cm³/mol. The van der Waals surface area contributed by atoms with Gasteiger partial charge in [-0.1, -0.05) is 18.2 Å². The zero-order valence-electron chi connectivity index (χ0n) is 12.5. The van der Waals surface area contributed by atoms with Crippen LogP contribution in [0, 0.1) is 0 Å². The first-order chi connectivity index (χ1) is 11.3. The summed E-state index contributed by atoms with van der Waals surface area (Å²) >= 11 is 0. The van der Waals surface area contributed by atoms with Crippen LogP contribution in [0.4, 0.5) is 0 Å². The second-order valence-corrected chi connectivity index (χ2v) is 5.06. The van der Waals surface area contributed by atoms with E-state index in [-0.39, 0.29) is 5.91 Å². The maximum atomic E-state index is 12.8. The fraction of sp³-hybridized carbons (Fsp3) is 0.111. The van der Waals surface area contributed by atoms with Crippen molar-refractivity contribution in [1.82, 2.24) is 19.9 Å². The molecule has 0 aliphatic heterocycles. The lowest BCUT2D eigenvalue weighted by Crippen LogP contribution is -2.31. The number of carbonyl (C=O) groups excluding carboxylic acids is 1. The lowest BCUT2D eigenvalue weighted by atomic mass is 10.2. The molecule has 5 heteroatoms. The molecular formula is C18H16N4O. The van der Waals surface area contributed by atoms with Crippen LogP contribution < -0.4 is 0 Å². The summed E-state index contributed by atoms with van der Waals surface area (Å²) in [4.78, 5) is 27.1. The van der Waals surface area contributed by atoms with Gasteiger partial charge >= 0.3 is 0 Å². The largest absolute Gasteiger partial charge is 0.327 e. The van der Waals surface area contributed by atoms with Gasteiger partial charge in [0, 0.05) is 31.3 Å². The maximum Gasteiger partial charge on any atom is 0.273 e. The zero-order valence-corrected chi connectivity index (χ0v) is 12.5. The quantitative estimate of drug-likeness (QED) is 0.727. The van der Waals surface area contributed by atoms with Gasteiger partial charge in [-0.15, -0.1) is 0 Å². The molecular weight excluding hydrogens is 288 g/mol. The van der Waals surface area contributed by atoms with Crippen molar-refractivity contribution in [2.45, 2.75) is 13.1 Å². The van der Waals surface area contributed by atoms with E-state index in [0.717, 1.165) is 11.3 Å². The van der Waals surface area contributed by atoms with Crippen molar-refractivity contribution >= 4 is 5.91 Å². The Morgan fingerprint density at radius 3 is 2.35 bits per heavy atom. The van der Waals surface area contributed by atoms with E-state index in [1.165, 1.54) is 0 Å². The molecule has 0 saturated heterocycles. The molecule has 0 radical (unpaired) electrons. The molecule has 114 valence electrons. The molecule has 0 N–H and O–H groups in total. The van der Waals surface area contributed by atoms with Crippen molar-refractivity contribution in [2.24, 2.45) is 0 Å². The van der Waals surface area contributed by atoms with Gasteiger partial charge in [0.25, 0.3) is 5.91 Å². The lowest BCUT2D eigenvalue weighted by Gasteiger charge is -2.22. The van der Waals surface area contributed by atoms with Crippen LogP contribution in [-0.2, 0) is 13.1 Å². The number of carbonyl (C=O) groups is 1. The molecule has 0 aliphatic rings. The minimum absolute atomic E-state index is 0.125. The fourth-order valence-corrected chi connectivity index (χ4v) is 2.25. The van der Waals surface area contributed by atoms with Crippen LogP contribution in [0.3, 0.4) is 0 Å². The van der Waals surface area contributed by atoms with Crippen molar-refractivity contribution in [1.29, 1.82) is 0 Å². The van der Waals surface area contributed by atoms with E-state index >= 15 is 0 Å². The van der Waals surface area contributed by atoms with Crippen LogP contribution in [-0.4, -0.2) is 25.8 Å². The number of pyridine rings is 3. The van der Waals surface area contributed by atoms with Crippen LogP contribution in [0.25, 0.3) is 0 Å². The normalized spacial score (nSPS) is 10.3. The summed E-state index contributed by atoms with van der Waals surface area (Å²) in [6.07, 6.45) is 6.82. The summed E-state index contributed by atoms with van der Waals surface area (Å²) in [6.45, 7) is 0.880. The number of aromatic nitrogens is 3. The summed E-state index contributed by atoms with van der Waals surface area (Å²) in [7, 11) is 0. The molecule has 0 aliphatic carbocycles. The smallest absolute Gasteiger partial charge is 0.273 e. The average molecular weight is 304 g/mol. The van der Waals surface area contributed by atoms with Crippen LogP contribution in [0.2, 0.25) is 0 Å². The predicted octanol–water partition coefficient (Wildman–Crippen LogP) is 2.71. The van der Waals surface area contributed by atoms with Gasteiger partial charge in [-0.25, -0.2) is 0 Å². The molecule has 1 amide bonds. The maximum absolute atomic E-state index is 12.8. The topological polar surface area (TPSA) is 59.0 Å². The Bertz CT molecular complexity index is 706. The molecule has 3 rings (SSSR count). The summed E-state index contributed by atoms with van der Waals surface area (Å²) in [5.74, 6) is -0.125. The van der Waals surface area contributed by atoms with Gasteiger partial charge in [0.2, 0.25) is 0 Å². The Morgan fingerprint density at radius 1 is 0.870 bits per heavy atom. The highest BCUT2D eigenvalue weighted by Gasteiger charge is 2.18. The van der Waals surface area contributed by atoms with Crippen molar-refractivity contribution < 1.29 is 4.79 Å². The highest BCUT2D eigenvalue weighted by atomic mass is 16.2. The summed E-state index contributed by atoms with van der Waals surface area (Å²) < 4.78 is 0. The van der Waals surface area contributed by atoms with Crippen LogP contribution in [0.1, 0.15) is 21.7 Å². The molecule has 3 aromatic rings. The first-order valence-electron chi connectivity index (χ1n) is 7.32. The monoisotopic (exact) mass is 304 g/mol.